The molecule has 0 spiro atoms. The summed E-state index contributed by atoms with van der Waals surface area (Å²) in [5.74, 6) is 0.165. The van der Waals surface area contributed by atoms with Crippen molar-refractivity contribution in [1.82, 2.24) is 14.9 Å². The molecule has 0 amide bonds. The number of thioether (sulfide) groups is 1. The van der Waals surface area contributed by atoms with Crippen molar-refractivity contribution in [2.24, 2.45) is 5.10 Å². The lowest BCUT2D eigenvalue weighted by Crippen LogP contribution is -2.08. The Bertz CT molecular complexity index is 1220. The Labute approximate surface area is 188 Å². The third-order valence-corrected chi connectivity index (χ3v) is 5.18. The standard InChI is InChI=1S/C24H19FN4O2S/c1-32-24-28-27-22(15-17-5-3-2-4-6-17)29(24)26-16-18-7-13-21(14-8-18)31-23(30)19-9-11-20(25)12-10-19/h2-14,16H,15H2,1H3/b26-16-. The van der Waals surface area contributed by atoms with E-state index in [1.54, 1.807) is 35.2 Å². The highest BCUT2D eigenvalue weighted by Crippen LogP contribution is 2.17. The van der Waals surface area contributed by atoms with E-state index in [2.05, 4.69) is 15.3 Å². The van der Waals surface area contributed by atoms with Gasteiger partial charge in [-0.25, -0.2) is 9.18 Å². The number of carbonyl (C=O) groups excluding carboxylic acids is 1. The van der Waals surface area contributed by atoms with Gasteiger partial charge in [0.15, 0.2) is 5.82 Å². The van der Waals surface area contributed by atoms with Crippen LogP contribution < -0.4 is 4.74 Å². The first-order valence-corrected chi connectivity index (χ1v) is 11.0. The molecule has 3 aromatic carbocycles. The van der Waals surface area contributed by atoms with E-state index < -0.39 is 11.8 Å². The van der Waals surface area contributed by atoms with Crippen LogP contribution in [0, 0.1) is 5.82 Å². The molecule has 0 aliphatic heterocycles. The first-order chi connectivity index (χ1) is 15.6. The zero-order valence-electron chi connectivity index (χ0n) is 17.2. The smallest absolute Gasteiger partial charge is 0.343 e. The topological polar surface area (TPSA) is 69.4 Å². The summed E-state index contributed by atoms with van der Waals surface area (Å²) in [5.41, 5.74) is 2.22. The molecule has 32 heavy (non-hydrogen) atoms. The first kappa shape index (κ1) is 21.5. The first-order valence-electron chi connectivity index (χ1n) is 9.77. The van der Waals surface area contributed by atoms with Gasteiger partial charge in [-0.05, 0) is 65.9 Å². The fourth-order valence-corrected chi connectivity index (χ4v) is 3.37. The number of esters is 1. The van der Waals surface area contributed by atoms with Crippen molar-refractivity contribution < 1.29 is 13.9 Å². The lowest BCUT2D eigenvalue weighted by atomic mass is 10.1. The zero-order chi connectivity index (χ0) is 22.3. The maximum absolute atomic E-state index is 13.0. The van der Waals surface area contributed by atoms with Crippen molar-refractivity contribution >= 4 is 23.9 Å². The summed E-state index contributed by atoms with van der Waals surface area (Å²) in [4.78, 5) is 12.2. The minimum atomic E-state index is -0.550. The molecule has 0 N–H and O–H groups in total. The summed E-state index contributed by atoms with van der Waals surface area (Å²) >= 11 is 1.46. The second-order valence-corrected chi connectivity index (χ2v) is 7.56. The van der Waals surface area contributed by atoms with Gasteiger partial charge >= 0.3 is 5.97 Å². The molecule has 0 atom stereocenters. The molecule has 1 aromatic heterocycles. The third-order valence-electron chi connectivity index (χ3n) is 4.56. The van der Waals surface area contributed by atoms with Crippen LogP contribution in [0.25, 0.3) is 0 Å². The van der Waals surface area contributed by atoms with Crippen LogP contribution >= 0.6 is 11.8 Å². The Morgan fingerprint density at radius 2 is 1.75 bits per heavy atom. The van der Waals surface area contributed by atoms with E-state index in [9.17, 15) is 9.18 Å². The SMILES string of the molecule is CSc1nnc(Cc2ccccc2)n1/N=C\c1ccc(OC(=O)c2ccc(F)cc2)cc1. The van der Waals surface area contributed by atoms with Gasteiger partial charge < -0.3 is 4.74 Å². The molecule has 0 saturated carbocycles. The molecule has 0 radical (unpaired) electrons. The predicted octanol–water partition coefficient (Wildman–Crippen LogP) is 4.83. The Morgan fingerprint density at radius 3 is 2.44 bits per heavy atom. The maximum atomic E-state index is 13.0. The molecule has 6 nitrogen and oxygen atoms in total. The molecule has 8 heteroatoms. The van der Waals surface area contributed by atoms with Crippen LogP contribution in [-0.2, 0) is 6.42 Å². The number of hydrogen-bond acceptors (Lipinski definition) is 6. The van der Waals surface area contributed by atoms with Crippen LogP contribution in [0.15, 0.2) is 89.1 Å². The molecular weight excluding hydrogens is 427 g/mol. The second kappa shape index (κ2) is 10.0. The van der Waals surface area contributed by atoms with Crippen LogP contribution in [0.1, 0.15) is 27.3 Å². The Kier molecular flexibility index (Phi) is 6.72. The van der Waals surface area contributed by atoms with Crippen molar-refractivity contribution in [2.45, 2.75) is 11.6 Å². The summed E-state index contributed by atoms with van der Waals surface area (Å²) < 4.78 is 20.1. The van der Waals surface area contributed by atoms with E-state index in [4.69, 9.17) is 4.74 Å². The van der Waals surface area contributed by atoms with E-state index >= 15 is 0 Å². The number of nitrogens with zero attached hydrogens (tertiary/aromatic N) is 4. The fourth-order valence-electron chi connectivity index (χ4n) is 2.93. The van der Waals surface area contributed by atoms with E-state index in [0.717, 1.165) is 17.0 Å². The van der Waals surface area contributed by atoms with Gasteiger partial charge in [-0.1, -0.05) is 42.1 Å². The van der Waals surface area contributed by atoms with Crippen LogP contribution in [0.2, 0.25) is 0 Å². The van der Waals surface area contributed by atoms with Crippen molar-refractivity contribution in [3.8, 4) is 5.75 Å². The molecule has 0 saturated heterocycles. The summed E-state index contributed by atoms with van der Waals surface area (Å²) in [6, 6.07) is 22.1. The van der Waals surface area contributed by atoms with Crippen molar-refractivity contribution in [2.75, 3.05) is 6.26 Å². The number of aromatic nitrogens is 3. The molecule has 0 unspecified atom stereocenters. The van der Waals surface area contributed by atoms with Gasteiger partial charge in [0.2, 0.25) is 5.16 Å². The van der Waals surface area contributed by atoms with Gasteiger partial charge in [0.05, 0.1) is 11.8 Å². The molecule has 4 rings (SSSR count). The van der Waals surface area contributed by atoms with Crippen LogP contribution in [0.3, 0.4) is 0 Å². The van der Waals surface area contributed by atoms with E-state index in [-0.39, 0.29) is 5.56 Å². The molecule has 0 aliphatic rings. The average molecular weight is 447 g/mol. The van der Waals surface area contributed by atoms with Crippen molar-refractivity contribution in [3.63, 3.8) is 0 Å². The van der Waals surface area contributed by atoms with Crippen molar-refractivity contribution in [1.29, 1.82) is 0 Å². The van der Waals surface area contributed by atoms with E-state index in [1.807, 2.05) is 36.6 Å². The lowest BCUT2D eigenvalue weighted by Gasteiger charge is -2.05. The lowest BCUT2D eigenvalue weighted by molar-refractivity contribution is 0.0734. The predicted molar refractivity (Wildman–Crippen MR) is 122 cm³/mol. The minimum Gasteiger partial charge on any atom is -0.423 e. The van der Waals surface area contributed by atoms with Crippen LogP contribution in [0.4, 0.5) is 4.39 Å². The van der Waals surface area contributed by atoms with Gasteiger partial charge in [0, 0.05) is 6.42 Å². The molecule has 0 fully saturated rings. The molecule has 4 aromatic rings. The third kappa shape index (κ3) is 5.28. The van der Waals surface area contributed by atoms with Crippen molar-refractivity contribution in [3.05, 3.63) is 107 Å². The summed E-state index contributed by atoms with van der Waals surface area (Å²) in [6.45, 7) is 0. The number of carbonyl (C=O) groups is 1. The monoisotopic (exact) mass is 446 g/mol. The van der Waals surface area contributed by atoms with Gasteiger partial charge in [-0.2, -0.15) is 9.78 Å². The highest BCUT2D eigenvalue weighted by molar-refractivity contribution is 7.98. The molecular formula is C24H19FN4O2S. The molecule has 1 heterocycles. The van der Waals surface area contributed by atoms with Gasteiger partial charge in [-0.3, -0.25) is 0 Å². The van der Waals surface area contributed by atoms with E-state index in [0.29, 0.717) is 17.3 Å². The normalized spacial score (nSPS) is 11.1. The number of halogens is 1. The number of hydrogen-bond donors (Lipinski definition) is 0. The highest BCUT2D eigenvalue weighted by Gasteiger charge is 2.11. The Morgan fingerprint density at radius 1 is 1.03 bits per heavy atom. The second-order valence-electron chi connectivity index (χ2n) is 6.79. The largest absolute Gasteiger partial charge is 0.423 e. The van der Waals surface area contributed by atoms with Gasteiger partial charge in [0.25, 0.3) is 0 Å². The summed E-state index contributed by atoms with van der Waals surface area (Å²) in [6.07, 6.45) is 4.24. The van der Waals surface area contributed by atoms with E-state index in [1.165, 1.54) is 36.0 Å². The molecule has 0 bridgehead atoms. The highest BCUT2D eigenvalue weighted by atomic mass is 32.2. The maximum Gasteiger partial charge on any atom is 0.343 e. The zero-order valence-corrected chi connectivity index (χ0v) is 18.0. The fraction of sp³-hybridized carbons (Fsp3) is 0.0833. The molecule has 0 aliphatic carbocycles. The quantitative estimate of drug-likeness (QED) is 0.176. The number of benzene rings is 3. The summed E-state index contributed by atoms with van der Waals surface area (Å²) in [5, 5.41) is 13.7. The number of rotatable bonds is 7. The van der Waals surface area contributed by atoms with Gasteiger partial charge in [0.1, 0.15) is 11.6 Å². The summed E-state index contributed by atoms with van der Waals surface area (Å²) in [7, 11) is 0. The Balaban J connectivity index is 1.46. The minimum absolute atomic E-state index is 0.278. The van der Waals surface area contributed by atoms with Crippen LogP contribution in [0.5, 0.6) is 5.75 Å². The van der Waals surface area contributed by atoms with Gasteiger partial charge in [-0.15, -0.1) is 10.2 Å². The number of ether oxygens (including phenoxy) is 1. The van der Waals surface area contributed by atoms with Crippen LogP contribution in [-0.4, -0.2) is 33.3 Å². The molecule has 160 valence electrons. The average Bonchev–Trinajstić information content (AvgIpc) is 3.21. The Hall–Kier alpha value is -3.78.